The second kappa shape index (κ2) is 11.2. The maximum atomic E-state index is 6.57. The maximum absolute atomic E-state index is 6.57. The number of benzene rings is 9. The van der Waals surface area contributed by atoms with Gasteiger partial charge in [-0.1, -0.05) is 103 Å². The first-order valence-electron chi connectivity index (χ1n) is 19.0. The lowest BCUT2D eigenvalue weighted by Gasteiger charge is -2.27. The van der Waals surface area contributed by atoms with Crippen LogP contribution in [0.5, 0.6) is 0 Å². The Bertz CT molecular complexity index is 3600. The van der Waals surface area contributed by atoms with E-state index in [-0.39, 0.29) is 0 Å². The van der Waals surface area contributed by atoms with E-state index in [0.717, 1.165) is 61.3 Å². The molecule has 12 aromatic rings. The molecule has 13 rings (SSSR count). The molecule has 0 spiro atoms. The fourth-order valence-corrected chi connectivity index (χ4v) is 10.5. The monoisotopic (exact) mass is 731 g/mol. The van der Waals surface area contributed by atoms with Gasteiger partial charge in [0.05, 0.1) is 0 Å². The van der Waals surface area contributed by atoms with Crippen molar-refractivity contribution >= 4 is 103 Å². The molecule has 0 radical (unpaired) electrons. The van der Waals surface area contributed by atoms with E-state index in [1.165, 1.54) is 64.0 Å². The highest BCUT2D eigenvalue weighted by atomic mass is 32.1. The highest BCUT2D eigenvalue weighted by molar-refractivity contribution is 7.26. The Hall–Kier alpha value is -7.14. The first-order valence-corrected chi connectivity index (χ1v) is 19.8. The van der Waals surface area contributed by atoms with Crippen LogP contribution in [0.3, 0.4) is 0 Å². The molecule has 3 heterocycles. The third kappa shape index (κ3) is 4.16. The van der Waals surface area contributed by atoms with Gasteiger partial charge < -0.3 is 13.7 Å². The molecule has 0 aliphatic heterocycles. The van der Waals surface area contributed by atoms with Crippen molar-refractivity contribution in [3.8, 4) is 33.4 Å². The zero-order valence-electron chi connectivity index (χ0n) is 29.9. The number of thiophene rings is 1. The standard InChI is InChI=1S/C52H29NO2S/c1-2-9-30(10-3-1)32-11-6-13-34(27-32)53(36-21-22-39-38-15-4-5-17-41(38)54-44(39)29-36)35-14-7-12-33(28-35)37-23-26-46-52-48(37)40-16-8-18-42-49(40)50-43(55-42)24-19-31-20-25-45(56-46)51(52)47(31)50/h1-29H. The van der Waals surface area contributed by atoms with Gasteiger partial charge in [-0.2, -0.15) is 0 Å². The minimum atomic E-state index is 0.866. The molecule has 0 fully saturated rings. The van der Waals surface area contributed by atoms with Crippen molar-refractivity contribution in [3.63, 3.8) is 0 Å². The zero-order chi connectivity index (χ0) is 36.5. The highest BCUT2D eigenvalue weighted by Gasteiger charge is 2.27. The summed E-state index contributed by atoms with van der Waals surface area (Å²) in [6.07, 6.45) is 0. The summed E-state index contributed by atoms with van der Waals surface area (Å²) in [5.74, 6) is 0. The number of fused-ring (bicyclic) bond motifs is 4. The molecule has 3 aromatic heterocycles. The van der Waals surface area contributed by atoms with Crippen molar-refractivity contribution in [1.82, 2.24) is 0 Å². The number of anilines is 3. The Morgan fingerprint density at radius 3 is 1.93 bits per heavy atom. The van der Waals surface area contributed by atoms with Crippen LogP contribution in [0.4, 0.5) is 17.1 Å². The van der Waals surface area contributed by atoms with Crippen LogP contribution in [-0.4, -0.2) is 0 Å². The van der Waals surface area contributed by atoms with Gasteiger partial charge >= 0.3 is 0 Å². The average Bonchev–Trinajstić information content (AvgIpc) is 3.92. The van der Waals surface area contributed by atoms with Crippen molar-refractivity contribution in [3.05, 3.63) is 176 Å². The largest absolute Gasteiger partial charge is 0.456 e. The van der Waals surface area contributed by atoms with Crippen LogP contribution in [0.15, 0.2) is 185 Å². The molecule has 1 aliphatic carbocycles. The molecule has 56 heavy (non-hydrogen) atoms. The molecule has 0 saturated carbocycles. The molecule has 260 valence electrons. The van der Waals surface area contributed by atoms with Crippen molar-refractivity contribution in [2.75, 3.05) is 4.90 Å². The normalized spacial score (nSPS) is 12.3. The minimum Gasteiger partial charge on any atom is -0.456 e. The zero-order valence-corrected chi connectivity index (χ0v) is 30.7. The van der Waals surface area contributed by atoms with Crippen molar-refractivity contribution in [2.24, 2.45) is 0 Å². The predicted molar refractivity (Wildman–Crippen MR) is 236 cm³/mol. The van der Waals surface area contributed by atoms with E-state index in [9.17, 15) is 0 Å². The first kappa shape index (κ1) is 30.2. The summed E-state index contributed by atoms with van der Waals surface area (Å²) in [7, 11) is 0. The van der Waals surface area contributed by atoms with Crippen LogP contribution < -0.4 is 4.90 Å². The Labute approximate surface area is 324 Å². The molecule has 0 unspecified atom stereocenters. The Balaban J connectivity index is 1.07. The fourth-order valence-electron chi connectivity index (χ4n) is 9.37. The molecule has 0 saturated heterocycles. The van der Waals surface area contributed by atoms with Gasteiger partial charge in [-0.15, -0.1) is 11.3 Å². The van der Waals surface area contributed by atoms with Gasteiger partial charge in [-0.3, -0.25) is 0 Å². The molecular weight excluding hydrogens is 703 g/mol. The van der Waals surface area contributed by atoms with Crippen LogP contribution >= 0.6 is 11.3 Å². The average molecular weight is 732 g/mol. The molecule has 3 nitrogen and oxygen atoms in total. The summed E-state index contributed by atoms with van der Waals surface area (Å²) < 4.78 is 15.6. The van der Waals surface area contributed by atoms with Crippen LogP contribution in [0.1, 0.15) is 0 Å². The molecule has 0 amide bonds. The lowest BCUT2D eigenvalue weighted by atomic mass is 9.90. The van der Waals surface area contributed by atoms with E-state index in [1.807, 2.05) is 23.5 Å². The third-order valence-electron chi connectivity index (χ3n) is 11.8. The lowest BCUT2D eigenvalue weighted by molar-refractivity contribution is 0.668. The van der Waals surface area contributed by atoms with Crippen LogP contribution in [-0.2, 0) is 0 Å². The number of furan rings is 2. The smallest absolute Gasteiger partial charge is 0.137 e. The van der Waals surface area contributed by atoms with Crippen molar-refractivity contribution in [1.29, 1.82) is 0 Å². The topological polar surface area (TPSA) is 29.5 Å². The predicted octanol–water partition coefficient (Wildman–Crippen LogP) is 15.8. The summed E-state index contributed by atoms with van der Waals surface area (Å²) in [5.41, 5.74) is 14.0. The van der Waals surface area contributed by atoms with Crippen LogP contribution in [0, 0.1) is 0 Å². The van der Waals surface area contributed by atoms with Crippen LogP contribution in [0.25, 0.3) is 108 Å². The van der Waals surface area contributed by atoms with Gasteiger partial charge in [0.25, 0.3) is 0 Å². The second-order valence-corrected chi connectivity index (χ2v) is 15.9. The summed E-state index contributed by atoms with van der Waals surface area (Å²) >= 11 is 1.88. The quantitative estimate of drug-likeness (QED) is 0.177. The SMILES string of the molecule is c1ccc(-c2cccc(N(c3cccc(-c4ccc5sc6ccc7ccc8oc9cccc%10c9c8c7c6c5c4-%10)c3)c3ccc4c(c3)oc3ccccc34)c2)cc1. The van der Waals surface area contributed by atoms with E-state index >= 15 is 0 Å². The van der Waals surface area contributed by atoms with Crippen molar-refractivity contribution in [2.45, 2.75) is 0 Å². The molecule has 1 aliphatic rings. The molecular formula is C52H29NO2S. The molecule has 4 heteroatoms. The first-order chi connectivity index (χ1) is 27.7. The van der Waals surface area contributed by atoms with Gasteiger partial charge in [0.1, 0.15) is 22.3 Å². The number of nitrogens with zero attached hydrogens (tertiary/aromatic N) is 1. The molecule has 9 aromatic carbocycles. The Kier molecular flexibility index (Phi) is 6.04. The molecule has 0 bridgehead atoms. The maximum Gasteiger partial charge on any atom is 0.137 e. The fraction of sp³-hybridized carbons (Fsp3) is 0. The highest BCUT2D eigenvalue weighted by Crippen LogP contribution is 2.54. The van der Waals surface area contributed by atoms with Crippen molar-refractivity contribution < 1.29 is 8.83 Å². The van der Waals surface area contributed by atoms with E-state index in [2.05, 4.69) is 169 Å². The Morgan fingerprint density at radius 2 is 1.02 bits per heavy atom. The van der Waals surface area contributed by atoms with Gasteiger partial charge in [0.2, 0.25) is 0 Å². The third-order valence-corrected chi connectivity index (χ3v) is 12.9. The van der Waals surface area contributed by atoms with Gasteiger partial charge in [0.15, 0.2) is 0 Å². The van der Waals surface area contributed by atoms with E-state index in [0.29, 0.717) is 0 Å². The summed E-state index contributed by atoms with van der Waals surface area (Å²) in [4.78, 5) is 2.36. The van der Waals surface area contributed by atoms with E-state index in [1.54, 1.807) is 0 Å². The number of hydrogen-bond donors (Lipinski definition) is 0. The van der Waals surface area contributed by atoms with E-state index < -0.39 is 0 Å². The number of rotatable bonds is 5. The summed E-state index contributed by atoms with van der Waals surface area (Å²) in [6, 6.07) is 63.5. The number of hydrogen-bond acceptors (Lipinski definition) is 4. The summed E-state index contributed by atoms with van der Waals surface area (Å²) in [5, 5.41) is 9.87. The number of para-hydroxylation sites is 1. The molecule has 0 atom stereocenters. The van der Waals surface area contributed by atoms with Crippen LogP contribution in [0.2, 0.25) is 0 Å². The van der Waals surface area contributed by atoms with E-state index in [4.69, 9.17) is 8.83 Å². The second-order valence-electron chi connectivity index (χ2n) is 14.8. The lowest BCUT2D eigenvalue weighted by Crippen LogP contribution is -2.10. The Morgan fingerprint density at radius 1 is 0.357 bits per heavy atom. The van der Waals surface area contributed by atoms with Gasteiger partial charge in [0, 0.05) is 70.2 Å². The van der Waals surface area contributed by atoms with Gasteiger partial charge in [-0.05, 0) is 105 Å². The minimum absolute atomic E-state index is 0.866. The summed E-state index contributed by atoms with van der Waals surface area (Å²) in [6.45, 7) is 0. The van der Waals surface area contributed by atoms with Gasteiger partial charge in [-0.25, -0.2) is 0 Å². The molecule has 0 N–H and O–H groups in total.